The SMILES string of the molecule is CCCCc1nc(C2OCCO2)cn1Cc1ccc(-c2ccccc2-c2nn[nH]n2)c(-c2ccncc2)c1. The third-order valence-electron chi connectivity index (χ3n) is 6.73. The van der Waals surface area contributed by atoms with Crippen molar-refractivity contribution in [2.45, 2.75) is 39.0 Å². The Hall–Kier alpha value is -4.21. The molecule has 0 amide bonds. The number of hydrogen-bond acceptors (Lipinski definition) is 7. The quantitative estimate of drug-likeness (QED) is 0.291. The average Bonchev–Trinajstić information content (AvgIpc) is 3.75. The molecule has 0 spiro atoms. The van der Waals surface area contributed by atoms with Crippen molar-refractivity contribution in [3.63, 3.8) is 0 Å². The molecule has 0 bridgehead atoms. The molecule has 0 atom stereocenters. The minimum absolute atomic E-state index is 0.381. The zero-order valence-corrected chi connectivity index (χ0v) is 21.2. The van der Waals surface area contributed by atoms with Crippen molar-refractivity contribution in [2.24, 2.45) is 0 Å². The Morgan fingerprint density at radius 2 is 1.74 bits per heavy atom. The van der Waals surface area contributed by atoms with E-state index in [1.54, 1.807) is 0 Å². The van der Waals surface area contributed by atoms with Gasteiger partial charge >= 0.3 is 0 Å². The van der Waals surface area contributed by atoms with Crippen molar-refractivity contribution in [1.82, 2.24) is 35.2 Å². The Balaban J connectivity index is 1.41. The van der Waals surface area contributed by atoms with Gasteiger partial charge in [0.15, 0.2) is 0 Å². The van der Waals surface area contributed by atoms with Crippen molar-refractivity contribution in [1.29, 1.82) is 0 Å². The van der Waals surface area contributed by atoms with Crippen molar-refractivity contribution >= 4 is 0 Å². The van der Waals surface area contributed by atoms with Gasteiger partial charge in [0.05, 0.1) is 13.2 Å². The van der Waals surface area contributed by atoms with Crippen LogP contribution in [0.15, 0.2) is 73.2 Å². The second-order valence-electron chi connectivity index (χ2n) is 9.28. The molecule has 38 heavy (non-hydrogen) atoms. The highest BCUT2D eigenvalue weighted by molar-refractivity contribution is 5.90. The third kappa shape index (κ3) is 4.98. The average molecular weight is 508 g/mol. The largest absolute Gasteiger partial charge is 0.345 e. The number of ether oxygens (including phenoxy) is 2. The Bertz CT molecular complexity index is 1490. The molecule has 1 aliphatic rings. The maximum Gasteiger partial charge on any atom is 0.205 e. The van der Waals surface area contributed by atoms with Crippen LogP contribution in [-0.2, 0) is 22.4 Å². The number of imidazole rings is 1. The summed E-state index contributed by atoms with van der Waals surface area (Å²) in [4.78, 5) is 9.13. The molecular formula is C29H29N7O2. The smallest absolute Gasteiger partial charge is 0.205 e. The Kier molecular flexibility index (Phi) is 7.01. The van der Waals surface area contributed by atoms with Crippen LogP contribution >= 0.6 is 0 Å². The summed E-state index contributed by atoms with van der Waals surface area (Å²) in [5.74, 6) is 1.62. The molecule has 0 unspecified atom stereocenters. The maximum atomic E-state index is 5.72. The first-order valence-electron chi connectivity index (χ1n) is 13.0. The highest BCUT2D eigenvalue weighted by Crippen LogP contribution is 2.37. The predicted molar refractivity (Wildman–Crippen MR) is 143 cm³/mol. The standard InChI is InChI=1S/C29H29N7O2/c1-2-3-8-27-31-26(29-37-15-16-38-29)19-36(27)18-20-9-10-23(25(17-20)21-11-13-30-14-12-21)22-6-4-5-7-24(22)28-32-34-35-33-28/h4-7,9-14,17,19,29H,2-3,8,15-16,18H2,1H3,(H,32,33,34,35). The molecule has 9 heteroatoms. The zero-order chi connectivity index (χ0) is 25.7. The highest BCUT2D eigenvalue weighted by atomic mass is 16.7. The van der Waals surface area contributed by atoms with Crippen LogP contribution in [0.25, 0.3) is 33.6 Å². The van der Waals surface area contributed by atoms with Crippen LogP contribution in [0.2, 0.25) is 0 Å². The predicted octanol–water partition coefficient (Wildman–Crippen LogP) is 5.23. The van der Waals surface area contributed by atoms with Crippen molar-refractivity contribution in [3.05, 3.63) is 90.3 Å². The van der Waals surface area contributed by atoms with Crippen molar-refractivity contribution in [3.8, 4) is 33.6 Å². The van der Waals surface area contributed by atoms with Gasteiger partial charge in [0.2, 0.25) is 12.1 Å². The summed E-state index contributed by atoms with van der Waals surface area (Å²) in [5.41, 5.74) is 7.26. The number of rotatable bonds is 9. The molecule has 1 aliphatic heterocycles. The van der Waals surface area contributed by atoms with Crippen LogP contribution in [0.5, 0.6) is 0 Å². The summed E-state index contributed by atoms with van der Waals surface area (Å²) in [6.07, 6.45) is 8.44. The first-order valence-corrected chi connectivity index (χ1v) is 13.0. The van der Waals surface area contributed by atoms with E-state index in [9.17, 15) is 0 Å². The maximum absolute atomic E-state index is 5.72. The number of hydrogen-bond donors (Lipinski definition) is 1. The van der Waals surface area contributed by atoms with E-state index < -0.39 is 0 Å². The number of benzene rings is 2. The second kappa shape index (κ2) is 11.0. The molecule has 5 aromatic rings. The zero-order valence-electron chi connectivity index (χ0n) is 21.2. The van der Waals surface area contributed by atoms with E-state index in [0.29, 0.717) is 25.6 Å². The first-order chi connectivity index (χ1) is 18.8. The Morgan fingerprint density at radius 3 is 2.50 bits per heavy atom. The van der Waals surface area contributed by atoms with Gasteiger partial charge in [0.25, 0.3) is 0 Å². The van der Waals surface area contributed by atoms with Gasteiger partial charge in [0.1, 0.15) is 11.5 Å². The summed E-state index contributed by atoms with van der Waals surface area (Å²) in [6, 6.07) is 18.8. The van der Waals surface area contributed by atoms with Gasteiger partial charge in [-0.3, -0.25) is 4.98 Å². The number of aromatic amines is 1. The molecule has 0 saturated carbocycles. The fourth-order valence-corrected chi connectivity index (χ4v) is 4.87. The number of unbranched alkanes of at least 4 members (excludes halogenated alkanes) is 1. The van der Waals surface area contributed by atoms with Gasteiger partial charge in [-0.25, -0.2) is 4.98 Å². The highest BCUT2D eigenvalue weighted by Gasteiger charge is 2.23. The molecular weight excluding hydrogens is 478 g/mol. The van der Waals surface area contributed by atoms with Crippen molar-refractivity contribution in [2.75, 3.05) is 13.2 Å². The van der Waals surface area contributed by atoms with E-state index >= 15 is 0 Å². The van der Waals surface area contributed by atoms with Gasteiger partial charge in [0, 0.05) is 37.1 Å². The second-order valence-corrected chi connectivity index (χ2v) is 9.28. The molecule has 2 aromatic carbocycles. The van der Waals surface area contributed by atoms with Crippen LogP contribution in [0, 0.1) is 0 Å². The molecule has 4 heterocycles. The molecule has 9 nitrogen and oxygen atoms in total. The molecule has 192 valence electrons. The Morgan fingerprint density at radius 1 is 0.947 bits per heavy atom. The lowest BCUT2D eigenvalue weighted by Gasteiger charge is -2.16. The minimum atomic E-state index is -0.381. The number of nitrogens with zero attached hydrogens (tertiary/aromatic N) is 6. The number of aromatic nitrogens is 7. The lowest BCUT2D eigenvalue weighted by molar-refractivity contribution is -0.0471. The van der Waals surface area contributed by atoms with E-state index in [1.807, 2.05) is 42.7 Å². The topological polar surface area (TPSA) is 104 Å². The number of tetrazole rings is 1. The lowest BCUT2D eigenvalue weighted by Crippen LogP contribution is -2.05. The summed E-state index contributed by atoms with van der Waals surface area (Å²) >= 11 is 0. The van der Waals surface area contributed by atoms with Crippen LogP contribution in [-0.4, -0.2) is 48.4 Å². The molecule has 1 N–H and O–H groups in total. The molecule has 3 aromatic heterocycles. The monoisotopic (exact) mass is 507 g/mol. The summed E-state index contributed by atoms with van der Waals surface area (Å²) in [6.45, 7) is 4.10. The van der Waals surface area contributed by atoms with Crippen LogP contribution in [0.3, 0.4) is 0 Å². The minimum Gasteiger partial charge on any atom is -0.345 e. The molecule has 6 rings (SSSR count). The van der Waals surface area contributed by atoms with E-state index in [-0.39, 0.29) is 6.29 Å². The summed E-state index contributed by atoms with van der Waals surface area (Å²) < 4.78 is 13.7. The van der Waals surface area contributed by atoms with Gasteiger partial charge in [-0.15, -0.1) is 10.2 Å². The van der Waals surface area contributed by atoms with E-state index in [0.717, 1.165) is 58.6 Å². The van der Waals surface area contributed by atoms with Crippen LogP contribution in [0.4, 0.5) is 0 Å². The van der Waals surface area contributed by atoms with E-state index in [2.05, 4.69) is 67.6 Å². The van der Waals surface area contributed by atoms with Gasteiger partial charge < -0.3 is 14.0 Å². The summed E-state index contributed by atoms with van der Waals surface area (Å²) in [7, 11) is 0. The molecule has 0 radical (unpaired) electrons. The lowest BCUT2D eigenvalue weighted by atomic mass is 9.90. The number of H-pyrrole nitrogens is 1. The van der Waals surface area contributed by atoms with Gasteiger partial charge in [-0.1, -0.05) is 49.7 Å². The summed E-state index contributed by atoms with van der Waals surface area (Å²) in [5, 5.41) is 14.8. The van der Waals surface area contributed by atoms with E-state index in [4.69, 9.17) is 14.5 Å². The van der Waals surface area contributed by atoms with Gasteiger partial charge in [-0.05, 0) is 57.7 Å². The Labute approximate surface area is 220 Å². The molecule has 1 fully saturated rings. The fourth-order valence-electron chi connectivity index (χ4n) is 4.87. The van der Waals surface area contributed by atoms with Crippen LogP contribution in [0.1, 0.15) is 43.1 Å². The fraction of sp³-hybridized carbons (Fsp3) is 0.276. The molecule has 0 aliphatic carbocycles. The first kappa shape index (κ1) is 24.1. The number of pyridine rings is 1. The van der Waals surface area contributed by atoms with Gasteiger partial charge in [-0.2, -0.15) is 5.21 Å². The number of aryl methyl sites for hydroxylation is 1. The van der Waals surface area contributed by atoms with Crippen molar-refractivity contribution < 1.29 is 9.47 Å². The van der Waals surface area contributed by atoms with E-state index in [1.165, 1.54) is 5.56 Å². The van der Waals surface area contributed by atoms with Crippen LogP contribution < -0.4 is 0 Å². The molecule has 1 saturated heterocycles. The normalized spacial score (nSPS) is 13.8. The number of nitrogens with one attached hydrogen (secondary N) is 1. The third-order valence-corrected chi connectivity index (χ3v) is 6.73.